The highest BCUT2D eigenvalue weighted by molar-refractivity contribution is 5.92. The lowest BCUT2D eigenvalue weighted by atomic mass is 9.99. The number of hydrogen-bond donors (Lipinski definition) is 2. The van der Waals surface area contributed by atoms with Gasteiger partial charge in [0.25, 0.3) is 5.69 Å². The van der Waals surface area contributed by atoms with Crippen molar-refractivity contribution in [2.24, 2.45) is 0 Å². The minimum absolute atomic E-state index is 0.0373. The van der Waals surface area contributed by atoms with Crippen molar-refractivity contribution in [3.05, 3.63) is 64.2 Å². The molecule has 2 unspecified atom stereocenters. The van der Waals surface area contributed by atoms with E-state index in [-0.39, 0.29) is 23.5 Å². The summed E-state index contributed by atoms with van der Waals surface area (Å²) in [7, 11) is 1.43. The fourth-order valence-corrected chi connectivity index (χ4v) is 3.82. The molecule has 1 aliphatic heterocycles. The molecule has 1 fully saturated rings. The van der Waals surface area contributed by atoms with E-state index in [9.17, 15) is 14.9 Å². The maximum atomic E-state index is 12.6. The number of hydrogen-bond acceptors (Lipinski definition) is 5. The zero-order valence-electron chi connectivity index (χ0n) is 16.6. The van der Waals surface area contributed by atoms with Gasteiger partial charge in [-0.1, -0.05) is 30.3 Å². The number of rotatable bonds is 7. The Morgan fingerprint density at radius 1 is 1.17 bits per heavy atom. The number of carbonyl (C=O) groups is 1. The van der Waals surface area contributed by atoms with Crippen LogP contribution in [0.25, 0.3) is 0 Å². The molecule has 8 nitrogen and oxygen atoms in total. The molecular formula is C21H26N4O4. The molecule has 0 saturated carbocycles. The molecule has 2 aromatic rings. The second kappa shape index (κ2) is 9.38. The molecule has 29 heavy (non-hydrogen) atoms. The number of amides is 2. The second-order valence-electron chi connectivity index (χ2n) is 7.13. The van der Waals surface area contributed by atoms with Crippen LogP contribution in [0.5, 0.6) is 5.75 Å². The van der Waals surface area contributed by atoms with E-state index in [4.69, 9.17) is 4.74 Å². The van der Waals surface area contributed by atoms with Gasteiger partial charge in [-0.25, -0.2) is 4.79 Å². The Morgan fingerprint density at radius 3 is 2.48 bits per heavy atom. The molecule has 0 spiro atoms. The smallest absolute Gasteiger partial charge is 0.319 e. The van der Waals surface area contributed by atoms with Crippen molar-refractivity contribution in [2.45, 2.75) is 31.8 Å². The summed E-state index contributed by atoms with van der Waals surface area (Å²) in [5.41, 5.74) is 1.04. The third-order valence-electron chi connectivity index (χ3n) is 5.16. The highest BCUT2D eigenvalue weighted by Crippen LogP contribution is 2.30. The number of nitro groups is 1. The van der Waals surface area contributed by atoms with Crippen molar-refractivity contribution in [1.29, 1.82) is 0 Å². The summed E-state index contributed by atoms with van der Waals surface area (Å²) in [4.78, 5) is 25.8. The van der Waals surface area contributed by atoms with Crippen LogP contribution in [0.1, 0.15) is 31.4 Å². The van der Waals surface area contributed by atoms with Crippen molar-refractivity contribution < 1.29 is 14.5 Å². The zero-order valence-corrected chi connectivity index (χ0v) is 16.6. The van der Waals surface area contributed by atoms with E-state index in [2.05, 4.69) is 27.7 Å². The lowest BCUT2D eigenvalue weighted by molar-refractivity contribution is -0.384. The third-order valence-corrected chi connectivity index (χ3v) is 5.16. The van der Waals surface area contributed by atoms with Crippen LogP contribution in [0.3, 0.4) is 0 Å². The summed E-state index contributed by atoms with van der Waals surface area (Å²) >= 11 is 0. The van der Waals surface area contributed by atoms with Gasteiger partial charge in [-0.2, -0.15) is 0 Å². The van der Waals surface area contributed by atoms with Crippen molar-refractivity contribution in [1.82, 2.24) is 10.2 Å². The average molecular weight is 398 g/mol. The molecule has 2 N–H and O–H groups in total. The van der Waals surface area contributed by atoms with E-state index < -0.39 is 11.0 Å². The molecule has 0 aliphatic carbocycles. The first-order valence-corrected chi connectivity index (χ1v) is 9.68. The summed E-state index contributed by atoms with van der Waals surface area (Å²) < 4.78 is 5.03. The van der Waals surface area contributed by atoms with Crippen LogP contribution < -0.4 is 15.4 Å². The number of ether oxygens (including phenoxy) is 1. The normalized spacial score (nSPS) is 16.1. The van der Waals surface area contributed by atoms with Crippen LogP contribution >= 0.6 is 0 Å². The Hall–Kier alpha value is -3.13. The predicted molar refractivity (Wildman–Crippen MR) is 111 cm³/mol. The van der Waals surface area contributed by atoms with Gasteiger partial charge in [0.15, 0.2) is 0 Å². The molecule has 154 valence electrons. The first-order chi connectivity index (χ1) is 14.0. The van der Waals surface area contributed by atoms with E-state index in [0.29, 0.717) is 5.75 Å². The number of nitrogens with zero attached hydrogens (tertiary/aromatic N) is 2. The van der Waals surface area contributed by atoms with Gasteiger partial charge in [-0.05, 0) is 50.6 Å². The van der Waals surface area contributed by atoms with Gasteiger partial charge in [-0.3, -0.25) is 15.0 Å². The van der Waals surface area contributed by atoms with Crippen LogP contribution in [-0.2, 0) is 0 Å². The molecule has 1 saturated heterocycles. The standard InChI is InChI=1S/C21H26N4O4/c1-15(20(24-12-6-7-13-24)16-8-4-3-5-9-16)22-21(26)23-18-11-10-17(29-2)14-19(18)25(27)28/h3-5,8-11,14-15,20H,6-7,12-13H2,1-2H3,(H2,22,23,26). The molecule has 1 heterocycles. The molecule has 0 aromatic heterocycles. The highest BCUT2D eigenvalue weighted by Gasteiger charge is 2.29. The number of nitro benzene ring substituents is 1. The highest BCUT2D eigenvalue weighted by atomic mass is 16.6. The SMILES string of the molecule is COc1ccc(NC(=O)NC(C)C(c2ccccc2)N2CCCC2)c([N+](=O)[O-])c1. The van der Waals surface area contributed by atoms with Crippen LogP contribution in [-0.4, -0.2) is 42.1 Å². The van der Waals surface area contributed by atoms with Crippen LogP contribution in [0, 0.1) is 10.1 Å². The lowest BCUT2D eigenvalue weighted by Gasteiger charge is -2.33. The molecule has 3 rings (SSSR count). The molecular weight excluding hydrogens is 372 g/mol. The number of carbonyl (C=O) groups excluding carboxylic acids is 1. The van der Waals surface area contributed by atoms with E-state index in [1.807, 2.05) is 25.1 Å². The Bertz CT molecular complexity index is 853. The summed E-state index contributed by atoms with van der Waals surface area (Å²) in [6.45, 7) is 3.92. The maximum absolute atomic E-state index is 12.6. The van der Waals surface area contributed by atoms with E-state index in [0.717, 1.165) is 31.5 Å². The van der Waals surface area contributed by atoms with Gasteiger partial charge >= 0.3 is 6.03 Å². The minimum Gasteiger partial charge on any atom is -0.496 e. The number of methoxy groups -OCH3 is 1. The third kappa shape index (κ3) is 5.03. The molecule has 2 atom stereocenters. The van der Waals surface area contributed by atoms with Gasteiger partial charge in [0.1, 0.15) is 11.4 Å². The predicted octanol–water partition coefficient (Wildman–Crippen LogP) is 3.95. The topological polar surface area (TPSA) is 96.7 Å². The van der Waals surface area contributed by atoms with Gasteiger partial charge in [-0.15, -0.1) is 0 Å². The number of urea groups is 1. The maximum Gasteiger partial charge on any atom is 0.319 e. The van der Waals surface area contributed by atoms with Gasteiger partial charge in [0.05, 0.1) is 24.1 Å². The van der Waals surface area contributed by atoms with Crippen molar-refractivity contribution in [3.8, 4) is 5.75 Å². The van der Waals surface area contributed by atoms with Gasteiger partial charge in [0, 0.05) is 6.04 Å². The Balaban J connectivity index is 1.74. The summed E-state index contributed by atoms with van der Waals surface area (Å²) in [5.74, 6) is 0.356. The van der Waals surface area contributed by atoms with E-state index >= 15 is 0 Å². The van der Waals surface area contributed by atoms with Crippen molar-refractivity contribution in [3.63, 3.8) is 0 Å². The Morgan fingerprint density at radius 2 is 1.86 bits per heavy atom. The van der Waals surface area contributed by atoms with Crippen LogP contribution in [0.15, 0.2) is 48.5 Å². The summed E-state index contributed by atoms with van der Waals surface area (Å²) in [6, 6.07) is 13.8. The van der Waals surface area contributed by atoms with Gasteiger partial charge < -0.3 is 15.4 Å². The number of anilines is 1. The van der Waals surface area contributed by atoms with Crippen molar-refractivity contribution >= 4 is 17.4 Å². The van der Waals surface area contributed by atoms with Crippen molar-refractivity contribution in [2.75, 3.05) is 25.5 Å². The Labute approximate surface area is 170 Å². The van der Waals surface area contributed by atoms with Crippen LogP contribution in [0.2, 0.25) is 0 Å². The minimum atomic E-state index is -0.543. The average Bonchev–Trinajstić information content (AvgIpc) is 3.23. The molecule has 2 aromatic carbocycles. The quantitative estimate of drug-likeness (QED) is 0.544. The largest absolute Gasteiger partial charge is 0.496 e. The fraction of sp³-hybridized carbons (Fsp3) is 0.381. The second-order valence-corrected chi connectivity index (χ2v) is 7.13. The molecule has 0 bridgehead atoms. The summed E-state index contributed by atoms with van der Waals surface area (Å²) in [6.07, 6.45) is 2.28. The summed E-state index contributed by atoms with van der Waals surface area (Å²) in [5, 5.41) is 16.9. The first-order valence-electron chi connectivity index (χ1n) is 9.68. The fourth-order valence-electron chi connectivity index (χ4n) is 3.82. The molecule has 2 amide bonds. The van der Waals surface area contributed by atoms with E-state index in [1.165, 1.54) is 19.2 Å². The van der Waals surface area contributed by atoms with Gasteiger partial charge in [0.2, 0.25) is 0 Å². The first kappa shape index (κ1) is 20.6. The number of likely N-dealkylation sites (tertiary alicyclic amines) is 1. The molecule has 1 aliphatic rings. The lowest BCUT2D eigenvalue weighted by Crippen LogP contribution is -2.45. The van der Waals surface area contributed by atoms with E-state index in [1.54, 1.807) is 6.07 Å². The molecule has 0 radical (unpaired) electrons. The zero-order chi connectivity index (χ0) is 20.8. The Kier molecular flexibility index (Phi) is 6.66. The van der Waals surface area contributed by atoms with Crippen LogP contribution in [0.4, 0.5) is 16.2 Å². The molecule has 8 heteroatoms. The number of nitrogens with one attached hydrogen (secondary N) is 2. The number of benzene rings is 2. The monoisotopic (exact) mass is 398 g/mol.